The minimum Gasteiger partial charge on any atom is -0.384 e. The van der Waals surface area contributed by atoms with Gasteiger partial charge in [-0.15, -0.1) is 11.3 Å². The van der Waals surface area contributed by atoms with Crippen LogP contribution in [-0.4, -0.2) is 40.6 Å². The SMILES string of the molecule is Nc1cccc(-c2cc3c(s2)CCOC32CCN(C(=O)c3cc(=O)[nH]o3)CC2)n1. The summed E-state index contributed by atoms with van der Waals surface area (Å²) in [6, 6.07) is 9.01. The number of hydrogen-bond acceptors (Lipinski definition) is 7. The first-order valence-electron chi connectivity index (χ1n) is 9.52. The Morgan fingerprint density at radius 1 is 1.28 bits per heavy atom. The first-order chi connectivity index (χ1) is 14.0. The highest BCUT2D eigenvalue weighted by Crippen LogP contribution is 2.46. The van der Waals surface area contributed by atoms with Crippen molar-refractivity contribution >= 4 is 23.1 Å². The molecule has 0 atom stereocenters. The summed E-state index contributed by atoms with van der Waals surface area (Å²) in [5.74, 6) is 0.272. The summed E-state index contributed by atoms with van der Waals surface area (Å²) in [5, 5.41) is 2.16. The number of carbonyl (C=O) groups is 1. The highest BCUT2D eigenvalue weighted by atomic mass is 32.1. The first kappa shape index (κ1) is 18.1. The fourth-order valence-corrected chi connectivity index (χ4v) is 5.36. The highest BCUT2D eigenvalue weighted by molar-refractivity contribution is 7.15. The van der Waals surface area contributed by atoms with E-state index >= 15 is 0 Å². The molecule has 3 aromatic rings. The van der Waals surface area contributed by atoms with Gasteiger partial charge in [-0.05, 0) is 36.6 Å². The molecule has 0 unspecified atom stereocenters. The fourth-order valence-electron chi connectivity index (χ4n) is 4.16. The van der Waals surface area contributed by atoms with Gasteiger partial charge in [-0.1, -0.05) is 6.07 Å². The summed E-state index contributed by atoms with van der Waals surface area (Å²) in [4.78, 5) is 32.4. The second kappa shape index (κ2) is 6.85. The third-order valence-corrected chi connectivity index (χ3v) is 6.84. The number of pyridine rings is 1. The van der Waals surface area contributed by atoms with Crippen LogP contribution in [0, 0.1) is 0 Å². The number of aromatic nitrogens is 2. The molecule has 29 heavy (non-hydrogen) atoms. The van der Waals surface area contributed by atoms with E-state index in [1.54, 1.807) is 22.3 Å². The van der Waals surface area contributed by atoms with E-state index in [9.17, 15) is 9.59 Å². The Labute approximate surface area is 170 Å². The van der Waals surface area contributed by atoms with Crippen molar-refractivity contribution in [2.45, 2.75) is 24.9 Å². The molecule has 3 N–H and O–H groups in total. The molecule has 3 aromatic heterocycles. The number of aromatic amines is 1. The van der Waals surface area contributed by atoms with Crippen molar-refractivity contribution in [3.8, 4) is 10.6 Å². The van der Waals surface area contributed by atoms with Gasteiger partial charge in [0.1, 0.15) is 5.82 Å². The molecule has 0 aliphatic carbocycles. The van der Waals surface area contributed by atoms with Crippen LogP contribution in [0.2, 0.25) is 0 Å². The maximum absolute atomic E-state index is 12.6. The van der Waals surface area contributed by atoms with Gasteiger partial charge in [0.25, 0.3) is 11.5 Å². The number of hydrogen-bond donors (Lipinski definition) is 2. The average molecular weight is 412 g/mol. The molecule has 1 spiro atoms. The number of nitrogen functional groups attached to an aromatic ring is 1. The van der Waals surface area contributed by atoms with Crippen LogP contribution in [0.3, 0.4) is 0 Å². The Bertz CT molecular complexity index is 1120. The molecule has 0 aromatic carbocycles. The number of H-pyrrole nitrogens is 1. The van der Waals surface area contributed by atoms with Gasteiger partial charge in [0.15, 0.2) is 0 Å². The van der Waals surface area contributed by atoms with Crippen molar-refractivity contribution in [3.05, 3.63) is 56.9 Å². The van der Waals surface area contributed by atoms with Gasteiger partial charge in [-0.2, -0.15) is 5.16 Å². The molecule has 0 saturated carbocycles. The lowest BCUT2D eigenvalue weighted by atomic mass is 9.82. The maximum Gasteiger partial charge on any atom is 0.292 e. The Kier molecular flexibility index (Phi) is 4.29. The number of nitrogens with zero attached hydrogens (tertiary/aromatic N) is 2. The van der Waals surface area contributed by atoms with Crippen LogP contribution in [0.15, 0.2) is 39.6 Å². The standard InChI is InChI=1S/C20H20N4O4S/c21-17-3-1-2-13(22-17)16-10-12-15(29-16)4-9-27-20(12)5-7-24(8-6-20)19(26)14-11-18(25)23-28-14/h1-3,10-11H,4-9H2,(H2,21,22)(H,23,25). The smallest absolute Gasteiger partial charge is 0.292 e. The van der Waals surface area contributed by atoms with Crippen molar-refractivity contribution in [1.29, 1.82) is 0 Å². The van der Waals surface area contributed by atoms with Crippen LogP contribution in [-0.2, 0) is 16.8 Å². The highest BCUT2D eigenvalue weighted by Gasteiger charge is 2.43. The Hall–Kier alpha value is -2.91. The lowest BCUT2D eigenvalue weighted by molar-refractivity contribution is -0.0928. The monoisotopic (exact) mass is 412 g/mol. The Morgan fingerprint density at radius 3 is 2.83 bits per heavy atom. The number of likely N-dealkylation sites (tertiary alicyclic amines) is 1. The van der Waals surface area contributed by atoms with Crippen molar-refractivity contribution in [2.75, 3.05) is 25.4 Å². The molecule has 8 nitrogen and oxygen atoms in total. The van der Waals surface area contributed by atoms with Crippen LogP contribution in [0.5, 0.6) is 0 Å². The zero-order valence-corrected chi connectivity index (χ0v) is 16.5. The molecule has 150 valence electrons. The van der Waals surface area contributed by atoms with Gasteiger partial charge < -0.3 is 19.9 Å². The zero-order valence-electron chi connectivity index (χ0n) is 15.6. The van der Waals surface area contributed by atoms with Crippen molar-refractivity contribution < 1.29 is 14.1 Å². The number of thiophene rings is 1. The van der Waals surface area contributed by atoms with Crippen LogP contribution in [0.1, 0.15) is 33.8 Å². The van der Waals surface area contributed by atoms with Crippen molar-refractivity contribution in [3.63, 3.8) is 0 Å². The van der Waals surface area contributed by atoms with Crippen LogP contribution >= 0.6 is 11.3 Å². The molecule has 1 amide bonds. The molecule has 0 radical (unpaired) electrons. The van der Waals surface area contributed by atoms with E-state index in [1.807, 2.05) is 12.1 Å². The second-order valence-electron chi connectivity index (χ2n) is 7.36. The number of amides is 1. The van der Waals surface area contributed by atoms with Crippen LogP contribution in [0.4, 0.5) is 5.82 Å². The molecule has 5 rings (SSSR count). The Balaban J connectivity index is 1.39. The summed E-state index contributed by atoms with van der Waals surface area (Å²) < 4.78 is 11.2. The summed E-state index contributed by atoms with van der Waals surface area (Å²) in [7, 11) is 0. The van der Waals surface area contributed by atoms with E-state index in [2.05, 4.69) is 16.2 Å². The minimum atomic E-state index is -0.414. The molecular formula is C20H20N4O4S. The van der Waals surface area contributed by atoms with Gasteiger partial charge in [0.2, 0.25) is 5.76 Å². The van der Waals surface area contributed by atoms with Gasteiger partial charge in [0.05, 0.1) is 28.8 Å². The summed E-state index contributed by atoms with van der Waals surface area (Å²) >= 11 is 1.74. The van der Waals surface area contributed by atoms with Crippen LogP contribution < -0.4 is 11.3 Å². The predicted molar refractivity (Wildman–Crippen MR) is 108 cm³/mol. The number of anilines is 1. The van der Waals surface area contributed by atoms with Gasteiger partial charge in [0, 0.05) is 24.4 Å². The minimum absolute atomic E-state index is 0.0433. The van der Waals surface area contributed by atoms with E-state index in [4.69, 9.17) is 15.0 Å². The largest absolute Gasteiger partial charge is 0.384 e. The van der Waals surface area contributed by atoms with E-state index in [-0.39, 0.29) is 11.7 Å². The number of nitrogens with two attached hydrogens (primary N) is 1. The quantitative estimate of drug-likeness (QED) is 0.668. The molecule has 2 aliphatic rings. The number of rotatable bonds is 2. The molecule has 1 fully saturated rings. The van der Waals surface area contributed by atoms with Gasteiger partial charge in [-0.3, -0.25) is 9.59 Å². The van der Waals surface area contributed by atoms with E-state index in [0.717, 1.165) is 17.0 Å². The molecule has 0 bridgehead atoms. The number of carbonyl (C=O) groups excluding carboxylic acids is 1. The average Bonchev–Trinajstić information content (AvgIpc) is 3.36. The van der Waals surface area contributed by atoms with Gasteiger partial charge >= 0.3 is 0 Å². The number of nitrogens with one attached hydrogen (secondary N) is 1. The summed E-state index contributed by atoms with van der Waals surface area (Å²) in [6.45, 7) is 1.74. The number of ether oxygens (including phenoxy) is 1. The normalized spacial score (nSPS) is 18.0. The summed E-state index contributed by atoms with van der Waals surface area (Å²) in [5.41, 5.74) is 7.12. The molecule has 5 heterocycles. The topological polar surface area (TPSA) is 114 Å². The van der Waals surface area contributed by atoms with Gasteiger partial charge in [-0.25, -0.2) is 4.98 Å². The molecule has 1 saturated heterocycles. The second-order valence-corrected chi connectivity index (χ2v) is 8.49. The lowest BCUT2D eigenvalue weighted by Crippen LogP contribution is -2.48. The van der Waals surface area contributed by atoms with Crippen molar-refractivity contribution in [2.24, 2.45) is 0 Å². The maximum atomic E-state index is 12.6. The lowest BCUT2D eigenvalue weighted by Gasteiger charge is -2.43. The van der Waals surface area contributed by atoms with Crippen LogP contribution in [0.25, 0.3) is 10.6 Å². The number of piperidine rings is 1. The predicted octanol–water partition coefficient (Wildman–Crippen LogP) is 2.38. The molecular weight excluding hydrogens is 392 g/mol. The molecule has 2 aliphatic heterocycles. The van der Waals surface area contributed by atoms with Crippen molar-refractivity contribution in [1.82, 2.24) is 15.0 Å². The van der Waals surface area contributed by atoms with E-state index in [1.165, 1.54) is 16.5 Å². The first-order valence-corrected chi connectivity index (χ1v) is 10.3. The van der Waals surface area contributed by atoms with E-state index in [0.29, 0.717) is 38.4 Å². The third-order valence-electron chi connectivity index (χ3n) is 5.62. The van der Waals surface area contributed by atoms with E-state index < -0.39 is 11.2 Å². The number of fused-ring (bicyclic) bond motifs is 2. The third kappa shape index (κ3) is 3.16. The summed E-state index contributed by atoms with van der Waals surface area (Å²) in [6.07, 6.45) is 2.27. The Morgan fingerprint density at radius 2 is 2.10 bits per heavy atom. The fraction of sp³-hybridized carbons (Fsp3) is 0.350. The zero-order chi connectivity index (χ0) is 20.0. The molecule has 9 heteroatoms.